The predicted octanol–water partition coefficient (Wildman–Crippen LogP) is 3.23. The lowest BCUT2D eigenvalue weighted by molar-refractivity contribution is -0.0478. The molecule has 1 fully saturated rings. The van der Waals surface area contributed by atoms with Crippen LogP contribution < -0.4 is 9.64 Å². The highest BCUT2D eigenvalue weighted by molar-refractivity contribution is 5.62. The van der Waals surface area contributed by atoms with E-state index in [1.807, 2.05) is 0 Å². The SMILES string of the molecule is CC(C)(C)N1CC2(CCOCC2)Oc2ccccc21. The van der Waals surface area contributed by atoms with Crippen molar-refractivity contribution in [3.05, 3.63) is 24.3 Å². The van der Waals surface area contributed by atoms with Crippen LogP contribution in [0.1, 0.15) is 33.6 Å². The second-order valence-electron chi connectivity index (χ2n) is 6.62. The molecule has 104 valence electrons. The molecule has 0 atom stereocenters. The molecule has 3 nitrogen and oxygen atoms in total. The Morgan fingerprint density at radius 3 is 2.47 bits per heavy atom. The fourth-order valence-corrected chi connectivity index (χ4v) is 3.01. The third-order valence-corrected chi connectivity index (χ3v) is 4.14. The number of para-hydroxylation sites is 2. The number of hydrogen-bond donors (Lipinski definition) is 0. The van der Waals surface area contributed by atoms with Crippen LogP contribution in [-0.4, -0.2) is 30.9 Å². The zero-order valence-corrected chi connectivity index (χ0v) is 12.1. The molecule has 0 aliphatic carbocycles. The number of nitrogens with zero attached hydrogens (tertiary/aromatic N) is 1. The van der Waals surface area contributed by atoms with Gasteiger partial charge in [0.15, 0.2) is 0 Å². The molecule has 1 spiro atoms. The smallest absolute Gasteiger partial charge is 0.143 e. The first-order valence-electron chi connectivity index (χ1n) is 7.14. The van der Waals surface area contributed by atoms with Gasteiger partial charge in [0.25, 0.3) is 0 Å². The first-order valence-corrected chi connectivity index (χ1v) is 7.14. The van der Waals surface area contributed by atoms with Crippen LogP contribution in [0.25, 0.3) is 0 Å². The van der Waals surface area contributed by atoms with Crippen molar-refractivity contribution in [2.45, 2.75) is 44.8 Å². The Morgan fingerprint density at radius 1 is 1.11 bits per heavy atom. The summed E-state index contributed by atoms with van der Waals surface area (Å²) in [6.07, 6.45) is 1.96. The molecule has 0 radical (unpaired) electrons. The topological polar surface area (TPSA) is 21.7 Å². The highest BCUT2D eigenvalue weighted by Gasteiger charge is 2.43. The van der Waals surface area contributed by atoms with E-state index in [1.54, 1.807) is 0 Å². The Kier molecular flexibility index (Phi) is 2.97. The van der Waals surface area contributed by atoms with Crippen molar-refractivity contribution >= 4 is 5.69 Å². The molecule has 2 aliphatic rings. The maximum atomic E-state index is 6.36. The molecular formula is C16H23NO2. The van der Waals surface area contributed by atoms with E-state index in [0.717, 1.165) is 38.3 Å². The molecule has 0 amide bonds. The van der Waals surface area contributed by atoms with E-state index >= 15 is 0 Å². The maximum absolute atomic E-state index is 6.36. The summed E-state index contributed by atoms with van der Waals surface area (Å²) in [6, 6.07) is 8.39. The van der Waals surface area contributed by atoms with Gasteiger partial charge in [-0.05, 0) is 32.9 Å². The van der Waals surface area contributed by atoms with Gasteiger partial charge in [0.05, 0.1) is 25.4 Å². The molecule has 0 unspecified atom stereocenters. The maximum Gasteiger partial charge on any atom is 0.143 e. The van der Waals surface area contributed by atoms with E-state index in [-0.39, 0.29) is 11.1 Å². The quantitative estimate of drug-likeness (QED) is 0.715. The second-order valence-corrected chi connectivity index (χ2v) is 6.62. The van der Waals surface area contributed by atoms with Gasteiger partial charge in [-0.25, -0.2) is 0 Å². The number of hydrogen-bond acceptors (Lipinski definition) is 3. The molecule has 3 heteroatoms. The Balaban J connectivity index is 2.00. The lowest BCUT2D eigenvalue weighted by atomic mass is 9.89. The van der Waals surface area contributed by atoms with Crippen molar-refractivity contribution < 1.29 is 9.47 Å². The first kappa shape index (κ1) is 12.8. The van der Waals surface area contributed by atoms with E-state index < -0.39 is 0 Å². The summed E-state index contributed by atoms with van der Waals surface area (Å²) < 4.78 is 11.9. The van der Waals surface area contributed by atoms with Crippen LogP contribution in [0.2, 0.25) is 0 Å². The highest BCUT2D eigenvalue weighted by atomic mass is 16.5. The first-order chi connectivity index (χ1) is 9.00. The fraction of sp³-hybridized carbons (Fsp3) is 0.625. The van der Waals surface area contributed by atoms with Crippen LogP contribution in [0.5, 0.6) is 5.75 Å². The minimum atomic E-state index is -0.0696. The van der Waals surface area contributed by atoms with Crippen LogP contribution >= 0.6 is 0 Å². The van der Waals surface area contributed by atoms with Gasteiger partial charge in [-0.3, -0.25) is 0 Å². The molecule has 0 saturated carbocycles. The van der Waals surface area contributed by atoms with Crippen molar-refractivity contribution in [1.29, 1.82) is 0 Å². The summed E-state index contributed by atoms with van der Waals surface area (Å²) in [6.45, 7) is 9.36. The van der Waals surface area contributed by atoms with Crippen molar-refractivity contribution in [1.82, 2.24) is 0 Å². The number of rotatable bonds is 0. The zero-order valence-electron chi connectivity index (χ0n) is 12.1. The van der Waals surface area contributed by atoms with Crippen LogP contribution in [0.4, 0.5) is 5.69 Å². The van der Waals surface area contributed by atoms with E-state index in [9.17, 15) is 0 Å². The minimum Gasteiger partial charge on any atom is -0.483 e. The summed E-state index contributed by atoms with van der Waals surface area (Å²) in [4.78, 5) is 2.48. The summed E-state index contributed by atoms with van der Waals surface area (Å²) in [5.74, 6) is 1.02. The molecule has 0 N–H and O–H groups in total. The molecule has 19 heavy (non-hydrogen) atoms. The van der Waals surface area contributed by atoms with Gasteiger partial charge in [0.2, 0.25) is 0 Å². The third-order valence-electron chi connectivity index (χ3n) is 4.14. The zero-order chi connectivity index (χ0) is 13.5. The number of ether oxygens (including phenoxy) is 2. The molecule has 0 bridgehead atoms. The Bertz CT molecular complexity index is 458. The van der Waals surface area contributed by atoms with Gasteiger partial charge >= 0.3 is 0 Å². The Morgan fingerprint density at radius 2 is 1.79 bits per heavy atom. The number of anilines is 1. The van der Waals surface area contributed by atoms with E-state index in [1.165, 1.54) is 5.69 Å². The van der Waals surface area contributed by atoms with Gasteiger partial charge in [0, 0.05) is 18.4 Å². The Hall–Kier alpha value is -1.22. The number of benzene rings is 1. The van der Waals surface area contributed by atoms with Crippen LogP contribution in [-0.2, 0) is 4.74 Å². The van der Waals surface area contributed by atoms with Gasteiger partial charge in [0.1, 0.15) is 11.4 Å². The summed E-state index contributed by atoms with van der Waals surface area (Å²) in [5, 5.41) is 0. The van der Waals surface area contributed by atoms with Crippen molar-refractivity contribution in [2.24, 2.45) is 0 Å². The second kappa shape index (κ2) is 4.41. The molecule has 1 aromatic carbocycles. The standard InChI is InChI=1S/C16H23NO2/c1-15(2,3)17-12-16(8-10-18-11-9-16)19-14-7-5-4-6-13(14)17/h4-7H,8-12H2,1-3H3. The minimum absolute atomic E-state index is 0.0696. The molecule has 2 heterocycles. The molecule has 1 aromatic rings. The predicted molar refractivity (Wildman–Crippen MR) is 77.0 cm³/mol. The van der Waals surface area contributed by atoms with Crippen molar-refractivity contribution in [3.8, 4) is 5.75 Å². The highest BCUT2D eigenvalue weighted by Crippen LogP contribution is 2.43. The van der Waals surface area contributed by atoms with Crippen LogP contribution in [0.3, 0.4) is 0 Å². The summed E-state index contributed by atoms with van der Waals surface area (Å²) in [5.41, 5.74) is 1.25. The van der Waals surface area contributed by atoms with Gasteiger partial charge in [-0.1, -0.05) is 12.1 Å². The summed E-state index contributed by atoms with van der Waals surface area (Å²) in [7, 11) is 0. The van der Waals surface area contributed by atoms with Gasteiger partial charge < -0.3 is 14.4 Å². The van der Waals surface area contributed by atoms with Crippen LogP contribution in [0.15, 0.2) is 24.3 Å². The average molecular weight is 261 g/mol. The lowest BCUT2D eigenvalue weighted by Gasteiger charge is -2.50. The lowest BCUT2D eigenvalue weighted by Crippen LogP contribution is -2.58. The average Bonchev–Trinajstić information content (AvgIpc) is 2.37. The monoisotopic (exact) mass is 261 g/mol. The fourth-order valence-electron chi connectivity index (χ4n) is 3.01. The Labute approximate surface area is 115 Å². The van der Waals surface area contributed by atoms with E-state index in [2.05, 4.69) is 49.9 Å². The largest absolute Gasteiger partial charge is 0.483 e. The summed E-state index contributed by atoms with van der Waals surface area (Å²) >= 11 is 0. The molecule has 0 aromatic heterocycles. The van der Waals surface area contributed by atoms with E-state index in [4.69, 9.17) is 9.47 Å². The van der Waals surface area contributed by atoms with Crippen LogP contribution in [0, 0.1) is 0 Å². The normalized spacial score (nSPS) is 21.9. The van der Waals surface area contributed by atoms with E-state index in [0.29, 0.717) is 0 Å². The third kappa shape index (κ3) is 2.32. The molecular weight excluding hydrogens is 238 g/mol. The van der Waals surface area contributed by atoms with Gasteiger partial charge in [-0.15, -0.1) is 0 Å². The molecule has 3 rings (SSSR count). The number of fused-ring (bicyclic) bond motifs is 1. The molecule has 1 saturated heterocycles. The van der Waals surface area contributed by atoms with Crippen molar-refractivity contribution in [3.63, 3.8) is 0 Å². The van der Waals surface area contributed by atoms with Crippen molar-refractivity contribution in [2.75, 3.05) is 24.7 Å². The van der Waals surface area contributed by atoms with Gasteiger partial charge in [-0.2, -0.15) is 0 Å². The molecule has 2 aliphatic heterocycles.